The van der Waals surface area contributed by atoms with Crippen LogP contribution in [-0.2, 0) is 16.0 Å². The van der Waals surface area contributed by atoms with Gasteiger partial charge in [-0.25, -0.2) is 0 Å². The van der Waals surface area contributed by atoms with E-state index in [0.29, 0.717) is 4.91 Å². The van der Waals surface area contributed by atoms with Crippen LogP contribution in [0.15, 0.2) is 77.7 Å². The van der Waals surface area contributed by atoms with Crippen molar-refractivity contribution in [1.29, 1.82) is 0 Å². The molecule has 1 amide bonds. The number of carboxylic acids is 1. The highest BCUT2D eigenvalue weighted by Crippen LogP contribution is 2.35. The summed E-state index contributed by atoms with van der Waals surface area (Å²) in [6.45, 7) is 0. The fourth-order valence-electron chi connectivity index (χ4n) is 3.38. The average Bonchev–Trinajstić information content (AvgIpc) is 3.00. The molecule has 0 aromatic heterocycles. The van der Waals surface area contributed by atoms with Crippen LogP contribution >= 0.6 is 24.0 Å². The van der Waals surface area contributed by atoms with Crippen LogP contribution in [0.25, 0.3) is 16.8 Å². The zero-order valence-corrected chi connectivity index (χ0v) is 16.9. The third-order valence-electron chi connectivity index (χ3n) is 4.79. The van der Waals surface area contributed by atoms with E-state index in [1.807, 2.05) is 72.8 Å². The van der Waals surface area contributed by atoms with Crippen LogP contribution in [-0.4, -0.2) is 27.1 Å². The molecule has 0 unspecified atom stereocenters. The number of benzene rings is 3. The molecular weight excluding hydrogens is 402 g/mol. The molecule has 4 rings (SSSR count). The zero-order valence-electron chi connectivity index (χ0n) is 15.3. The standard InChI is InChI=1S/C23H17NO3S2/c25-21-20(14-17-11-6-10-16-9-4-5-12-18(16)17)29-23(28)24(21)19(22(26)27)13-15-7-2-1-3-8-15/h1-12,14,19H,13H2,(H,26,27)/p-1/b20-14+/t19-/m0/s1. The number of hydrogen-bond acceptors (Lipinski definition) is 5. The molecule has 1 heterocycles. The Morgan fingerprint density at radius 1 is 1.03 bits per heavy atom. The minimum atomic E-state index is -1.32. The first-order chi connectivity index (χ1) is 14.0. The molecule has 3 aromatic rings. The van der Waals surface area contributed by atoms with Crippen molar-refractivity contribution in [2.24, 2.45) is 0 Å². The number of rotatable bonds is 5. The van der Waals surface area contributed by atoms with E-state index in [4.69, 9.17) is 12.2 Å². The van der Waals surface area contributed by atoms with E-state index in [1.165, 1.54) is 4.90 Å². The lowest BCUT2D eigenvalue weighted by atomic mass is 10.0. The van der Waals surface area contributed by atoms with Crippen molar-refractivity contribution in [3.05, 3.63) is 88.8 Å². The third kappa shape index (κ3) is 3.95. The maximum absolute atomic E-state index is 13.1. The Balaban J connectivity index is 1.67. The molecule has 29 heavy (non-hydrogen) atoms. The summed E-state index contributed by atoms with van der Waals surface area (Å²) in [7, 11) is 0. The van der Waals surface area contributed by atoms with Crippen molar-refractivity contribution in [1.82, 2.24) is 4.90 Å². The smallest absolute Gasteiger partial charge is 0.266 e. The SMILES string of the molecule is O=C([O-])[C@H](Cc1ccccc1)N1C(=O)/C(=C\c2cccc3ccccc23)SC1=S. The van der Waals surface area contributed by atoms with E-state index < -0.39 is 17.9 Å². The zero-order chi connectivity index (χ0) is 20.4. The van der Waals surface area contributed by atoms with Crippen LogP contribution in [0.5, 0.6) is 0 Å². The van der Waals surface area contributed by atoms with Gasteiger partial charge in [-0.3, -0.25) is 9.69 Å². The minimum absolute atomic E-state index is 0.136. The summed E-state index contributed by atoms with van der Waals surface area (Å²) < 4.78 is 0.228. The fraction of sp³-hybridized carbons (Fsp3) is 0.0870. The summed E-state index contributed by atoms with van der Waals surface area (Å²) >= 11 is 6.47. The van der Waals surface area contributed by atoms with Gasteiger partial charge in [0.05, 0.1) is 16.9 Å². The Morgan fingerprint density at radius 2 is 1.72 bits per heavy atom. The topological polar surface area (TPSA) is 60.4 Å². The normalized spacial score (nSPS) is 16.6. The number of carbonyl (C=O) groups is 2. The first kappa shape index (κ1) is 19.4. The molecule has 0 N–H and O–H groups in total. The summed E-state index contributed by atoms with van der Waals surface area (Å²) in [5.74, 6) is -1.73. The van der Waals surface area contributed by atoms with Gasteiger partial charge in [-0.05, 0) is 34.4 Å². The molecule has 0 spiro atoms. The van der Waals surface area contributed by atoms with Crippen molar-refractivity contribution < 1.29 is 14.7 Å². The molecule has 3 aromatic carbocycles. The monoisotopic (exact) mass is 418 g/mol. The van der Waals surface area contributed by atoms with Crippen molar-refractivity contribution in [2.45, 2.75) is 12.5 Å². The van der Waals surface area contributed by atoms with Crippen LogP contribution in [0.1, 0.15) is 11.1 Å². The summed E-state index contributed by atoms with van der Waals surface area (Å²) in [4.78, 5) is 26.5. The van der Waals surface area contributed by atoms with Crippen molar-refractivity contribution in [3.8, 4) is 0 Å². The Hall–Kier alpha value is -2.96. The van der Waals surface area contributed by atoms with Gasteiger partial charge < -0.3 is 9.90 Å². The number of carboxylic acid groups (broad SMARTS) is 1. The van der Waals surface area contributed by atoms with Crippen LogP contribution in [0.2, 0.25) is 0 Å². The largest absolute Gasteiger partial charge is 0.548 e. The molecule has 144 valence electrons. The number of aliphatic carboxylic acids is 1. The molecule has 1 saturated heterocycles. The van der Waals surface area contributed by atoms with Gasteiger partial charge in [-0.1, -0.05) is 96.8 Å². The Labute approximate surface area is 177 Å². The van der Waals surface area contributed by atoms with E-state index in [1.54, 1.807) is 6.08 Å². The third-order valence-corrected chi connectivity index (χ3v) is 6.12. The fourth-order valence-corrected chi connectivity index (χ4v) is 4.73. The van der Waals surface area contributed by atoms with E-state index in [0.717, 1.165) is 33.7 Å². The van der Waals surface area contributed by atoms with Crippen molar-refractivity contribution in [3.63, 3.8) is 0 Å². The summed E-state index contributed by atoms with van der Waals surface area (Å²) in [5, 5.41) is 13.9. The van der Waals surface area contributed by atoms with Gasteiger partial charge in [-0.2, -0.15) is 0 Å². The number of thiocarbonyl (C=S) groups is 1. The molecule has 0 aliphatic carbocycles. The predicted octanol–water partition coefficient (Wildman–Crippen LogP) is 3.40. The van der Waals surface area contributed by atoms with Gasteiger partial charge in [0.15, 0.2) is 0 Å². The second-order valence-corrected chi connectivity index (χ2v) is 8.32. The number of thioether (sulfide) groups is 1. The molecule has 0 saturated carbocycles. The average molecular weight is 419 g/mol. The Bertz CT molecular complexity index is 1140. The molecule has 1 aliphatic heterocycles. The minimum Gasteiger partial charge on any atom is -0.548 e. The second-order valence-electron chi connectivity index (χ2n) is 6.64. The molecule has 4 nitrogen and oxygen atoms in total. The highest BCUT2D eigenvalue weighted by atomic mass is 32.2. The quantitative estimate of drug-likeness (QED) is 0.470. The lowest BCUT2D eigenvalue weighted by Crippen LogP contribution is -2.51. The van der Waals surface area contributed by atoms with Crippen molar-refractivity contribution >= 4 is 57.0 Å². The van der Waals surface area contributed by atoms with Crippen LogP contribution in [0, 0.1) is 0 Å². The molecule has 1 atom stereocenters. The molecular formula is C23H16NO3S2-. The number of hydrogen-bond donors (Lipinski definition) is 0. The number of fused-ring (bicyclic) bond motifs is 1. The molecule has 0 bridgehead atoms. The van der Waals surface area contributed by atoms with Gasteiger partial charge in [0.1, 0.15) is 4.32 Å². The molecule has 0 radical (unpaired) electrons. The Morgan fingerprint density at radius 3 is 2.48 bits per heavy atom. The highest BCUT2D eigenvalue weighted by Gasteiger charge is 2.37. The Kier molecular flexibility index (Phi) is 5.47. The van der Waals surface area contributed by atoms with Gasteiger partial charge >= 0.3 is 0 Å². The lowest BCUT2D eigenvalue weighted by Gasteiger charge is -2.27. The van der Waals surface area contributed by atoms with Crippen molar-refractivity contribution in [2.75, 3.05) is 0 Å². The molecule has 6 heteroatoms. The molecule has 1 aliphatic rings. The first-order valence-corrected chi connectivity index (χ1v) is 10.3. The number of nitrogens with zero attached hydrogens (tertiary/aromatic N) is 1. The van der Waals surface area contributed by atoms with Crippen LogP contribution < -0.4 is 5.11 Å². The highest BCUT2D eigenvalue weighted by molar-refractivity contribution is 8.26. The van der Waals surface area contributed by atoms with Gasteiger partial charge in [0.25, 0.3) is 5.91 Å². The maximum Gasteiger partial charge on any atom is 0.266 e. The summed E-state index contributed by atoms with van der Waals surface area (Å²) in [5.41, 5.74) is 1.69. The van der Waals surface area contributed by atoms with Crippen LogP contribution in [0.4, 0.5) is 0 Å². The van der Waals surface area contributed by atoms with E-state index in [9.17, 15) is 14.7 Å². The summed E-state index contributed by atoms with van der Waals surface area (Å²) in [6.07, 6.45) is 1.91. The van der Waals surface area contributed by atoms with E-state index >= 15 is 0 Å². The lowest BCUT2D eigenvalue weighted by molar-refractivity contribution is -0.310. The van der Waals surface area contributed by atoms with Crippen LogP contribution in [0.3, 0.4) is 0 Å². The summed E-state index contributed by atoms with van der Waals surface area (Å²) in [6, 6.07) is 21.7. The van der Waals surface area contributed by atoms with Gasteiger partial charge in [-0.15, -0.1) is 0 Å². The maximum atomic E-state index is 13.1. The predicted molar refractivity (Wildman–Crippen MR) is 118 cm³/mol. The second kappa shape index (κ2) is 8.19. The van der Waals surface area contributed by atoms with E-state index in [2.05, 4.69) is 0 Å². The van der Waals surface area contributed by atoms with Gasteiger partial charge in [0, 0.05) is 0 Å². The number of amides is 1. The molecule has 1 fully saturated rings. The number of carbonyl (C=O) groups excluding carboxylic acids is 2. The van der Waals surface area contributed by atoms with Gasteiger partial charge in [0.2, 0.25) is 0 Å². The first-order valence-electron chi connectivity index (χ1n) is 9.04. The van der Waals surface area contributed by atoms with E-state index in [-0.39, 0.29) is 10.7 Å².